The Kier molecular flexibility index (Phi) is 7.35. The number of hydrogen-bond donors (Lipinski definition) is 0. The maximum Gasteiger partial charge on any atom is 0.209 e. The van der Waals surface area contributed by atoms with Crippen molar-refractivity contribution in [2.24, 2.45) is 11.8 Å². The lowest BCUT2D eigenvalue weighted by Gasteiger charge is -2.10. The predicted octanol–water partition coefficient (Wildman–Crippen LogP) is 2.91. The molecule has 1 unspecified atom stereocenters. The third-order valence-electron chi connectivity index (χ3n) is 2.26. The number of carbonyl (C=O) groups excluding carboxylic acids is 2. The first-order chi connectivity index (χ1) is 6.61. The van der Waals surface area contributed by atoms with Gasteiger partial charge in [-0.1, -0.05) is 33.6 Å². The molecule has 0 heterocycles. The molecule has 0 aliphatic rings. The number of unbranched alkanes of at least 4 members (excludes halogenated alkanes) is 2. The van der Waals surface area contributed by atoms with Gasteiger partial charge < -0.3 is 0 Å². The van der Waals surface area contributed by atoms with Gasteiger partial charge >= 0.3 is 0 Å². The Morgan fingerprint density at radius 1 is 1.29 bits per heavy atom. The van der Waals surface area contributed by atoms with E-state index in [2.05, 4.69) is 6.92 Å². The van der Waals surface area contributed by atoms with Crippen molar-refractivity contribution in [1.29, 1.82) is 0 Å². The fourth-order valence-corrected chi connectivity index (χ4v) is 1.44. The van der Waals surface area contributed by atoms with Crippen LogP contribution in [0.25, 0.3) is 0 Å². The Hall–Kier alpha value is -0.660. The van der Waals surface area contributed by atoms with Crippen LogP contribution in [0.2, 0.25) is 0 Å². The summed E-state index contributed by atoms with van der Waals surface area (Å²) in [5, 5.41) is 0. The van der Waals surface area contributed by atoms with E-state index in [1.165, 1.54) is 0 Å². The summed E-state index contributed by atoms with van der Waals surface area (Å²) in [6.45, 7) is 6.13. The molecule has 0 aromatic carbocycles. The van der Waals surface area contributed by atoms with Gasteiger partial charge in [-0.05, 0) is 18.8 Å². The average molecular weight is 197 g/mol. The third kappa shape index (κ3) is 5.90. The van der Waals surface area contributed by atoms with E-state index in [0.717, 1.165) is 19.3 Å². The molecule has 0 rings (SSSR count). The molecule has 0 aliphatic heterocycles. The van der Waals surface area contributed by atoms with Crippen LogP contribution in [0, 0.1) is 11.8 Å². The molecule has 0 saturated heterocycles. The lowest BCUT2D eigenvalue weighted by Crippen LogP contribution is -2.17. The molecule has 0 fully saturated rings. The second-order valence-corrected chi connectivity index (χ2v) is 4.22. The van der Waals surface area contributed by atoms with Gasteiger partial charge in [0, 0.05) is 6.42 Å². The van der Waals surface area contributed by atoms with E-state index in [0.29, 0.717) is 18.8 Å². The summed E-state index contributed by atoms with van der Waals surface area (Å²) in [6, 6.07) is 0. The van der Waals surface area contributed by atoms with Crippen LogP contribution >= 0.6 is 0 Å². The Bertz CT molecular complexity index is 173. The molecular formula is C12H21O2. The first-order valence-corrected chi connectivity index (χ1v) is 5.52. The van der Waals surface area contributed by atoms with Crippen LogP contribution in [0.4, 0.5) is 0 Å². The highest BCUT2D eigenvalue weighted by Gasteiger charge is 2.18. The van der Waals surface area contributed by atoms with Gasteiger partial charge in [-0.25, -0.2) is 0 Å². The highest BCUT2D eigenvalue weighted by molar-refractivity contribution is 5.93. The maximum absolute atomic E-state index is 11.5. The van der Waals surface area contributed by atoms with Crippen molar-refractivity contribution < 1.29 is 9.59 Å². The van der Waals surface area contributed by atoms with Crippen LogP contribution in [-0.4, -0.2) is 12.1 Å². The topological polar surface area (TPSA) is 34.1 Å². The summed E-state index contributed by atoms with van der Waals surface area (Å²) in [4.78, 5) is 22.1. The molecule has 0 spiro atoms. The van der Waals surface area contributed by atoms with Gasteiger partial charge in [0.15, 0.2) is 0 Å². The largest absolute Gasteiger partial charge is 0.299 e. The van der Waals surface area contributed by atoms with Gasteiger partial charge in [-0.2, -0.15) is 0 Å². The lowest BCUT2D eigenvalue weighted by molar-refractivity contribution is -0.121. The second kappa shape index (κ2) is 7.72. The van der Waals surface area contributed by atoms with Gasteiger partial charge in [0.2, 0.25) is 6.29 Å². The van der Waals surface area contributed by atoms with Crippen molar-refractivity contribution in [3.8, 4) is 0 Å². The van der Waals surface area contributed by atoms with E-state index in [1.807, 2.05) is 20.1 Å². The summed E-state index contributed by atoms with van der Waals surface area (Å²) in [5.74, 6) is -0.0226. The Balaban J connectivity index is 3.85. The van der Waals surface area contributed by atoms with Gasteiger partial charge in [0.05, 0.1) is 5.92 Å². The van der Waals surface area contributed by atoms with Crippen LogP contribution in [0.1, 0.15) is 52.9 Å². The van der Waals surface area contributed by atoms with E-state index in [4.69, 9.17) is 0 Å². The SMILES string of the molecule is CCCCCC(=O)C([C]=O)CC(C)C. The molecule has 81 valence electrons. The molecule has 2 heteroatoms. The summed E-state index contributed by atoms with van der Waals surface area (Å²) < 4.78 is 0. The monoisotopic (exact) mass is 197 g/mol. The minimum absolute atomic E-state index is 0.0714. The molecule has 0 aromatic rings. The minimum Gasteiger partial charge on any atom is -0.299 e. The van der Waals surface area contributed by atoms with Crippen LogP contribution in [0.5, 0.6) is 0 Å². The molecule has 0 bridgehead atoms. The minimum atomic E-state index is -0.480. The summed E-state index contributed by atoms with van der Waals surface area (Å²) in [7, 11) is 0. The average Bonchev–Trinajstić information content (AvgIpc) is 2.14. The smallest absolute Gasteiger partial charge is 0.209 e. The number of Topliss-reactive ketones (excluding diaryl/α,β-unsaturated/α-hetero) is 1. The number of ketones is 1. The third-order valence-corrected chi connectivity index (χ3v) is 2.26. The van der Waals surface area contributed by atoms with E-state index in [-0.39, 0.29) is 5.78 Å². The van der Waals surface area contributed by atoms with Crippen LogP contribution in [0.3, 0.4) is 0 Å². The van der Waals surface area contributed by atoms with Gasteiger partial charge in [-0.3, -0.25) is 9.59 Å². The number of rotatable bonds is 8. The highest BCUT2D eigenvalue weighted by atomic mass is 16.1. The molecule has 1 atom stereocenters. The zero-order valence-electron chi connectivity index (χ0n) is 9.51. The summed E-state index contributed by atoms with van der Waals surface area (Å²) in [6.07, 6.45) is 6.13. The molecule has 14 heavy (non-hydrogen) atoms. The Morgan fingerprint density at radius 2 is 1.93 bits per heavy atom. The number of hydrogen-bond acceptors (Lipinski definition) is 2. The van der Waals surface area contributed by atoms with Crippen LogP contribution in [0.15, 0.2) is 0 Å². The van der Waals surface area contributed by atoms with Crippen LogP contribution in [-0.2, 0) is 9.59 Å². The Labute approximate surface area is 87.1 Å². The predicted molar refractivity (Wildman–Crippen MR) is 57.8 cm³/mol. The highest BCUT2D eigenvalue weighted by Crippen LogP contribution is 2.14. The standard InChI is InChI=1S/C12H21O2/c1-4-5-6-7-12(14)11(9-13)8-10(2)3/h10-11H,4-8H2,1-3H3. The van der Waals surface area contributed by atoms with Crippen molar-refractivity contribution in [2.75, 3.05) is 0 Å². The van der Waals surface area contributed by atoms with Crippen LogP contribution < -0.4 is 0 Å². The van der Waals surface area contributed by atoms with Gasteiger partial charge in [0.25, 0.3) is 0 Å². The first-order valence-electron chi connectivity index (χ1n) is 5.52. The molecule has 0 amide bonds. The molecule has 0 saturated carbocycles. The van der Waals surface area contributed by atoms with Crippen molar-refractivity contribution >= 4 is 12.1 Å². The quantitative estimate of drug-likeness (QED) is 0.443. The zero-order valence-corrected chi connectivity index (χ0v) is 9.51. The summed E-state index contributed by atoms with van der Waals surface area (Å²) in [5.41, 5.74) is 0. The molecule has 2 nitrogen and oxygen atoms in total. The molecule has 1 radical (unpaired) electrons. The second-order valence-electron chi connectivity index (χ2n) is 4.22. The van der Waals surface area contributed by atoms with Crippen molar-refractivity contribution in [3.63, 3.8) is 0 Å². The first kappa shape index (κ1) is 13.3. The fourth-order valence-electron chi connectivity index (χ4n) is 1.44. The summed E-state index contributed by atoms with van der Waals surface area (Å²) >= 11 is 0. The normalized spacial score (nSPS) is 12.9. The van der Waals surface area contributed by atoms with Gasteiger partial charge in [0.1, 0.15) is 5.78 Å². The lowest BCUT2D eigenvalue weighted by atomic mass is 9.92. The number of carbonyl (C=O) groups is 1. The fraction of sp³-hybridized carbons (Fsp3) is 0.833. The van der Waals surface area contributed by atoms with E-state index in [9.17, 15) is 9.59 Å². The van der Waals surface area contributed by atoms with E-state index >= 15 is 0 Å². The maximum atomic E-state index is 11.5. The molecule has 0 aliphatic carbocycles. The Morgan fingerprint density at radius 3 is 2.36 bits per heavy atom. The van der Waals surface area contributed by atoms with Crippen molar-refractivity contribution in [3.05, 3.63) is 0 Å². The van der Waals surface area contributed by atoms with Crippen molar-refractivity contribution in [1.82, 2.24) is 0 Å². The molecular weight excluding hydrogens is 176 g/mol. The molecule has 0 aromatic heterocycles. The van der Waals surface area contributed by atoms with Gasteiger partial charge in [-0.15, -0.1) is 0 Å². The van der Waals surface area contributed by atoms with Crippen molar-refractivity contribution in [2.45, 2.75) is 52.9 Å². The van der Waals surface area contributed by atoms with E-state index < -0.39 is 5.92 Å². The zero-order chi connectivity index (χ0) is 11.0. The van der Waals surface area contributed by atoms with E-state index in [1.54, 1.807) is 0 Å². The molecule has 0 N–H and O–H groups in total.